The first-order valence-electron chi connectivity index (χ1n) is 15.2. The van der Waals surface area contributed by atoms with Crippen LogP contribution in [-0.4, -0.2) is 48.1 Å². The van der Waals surface area contributed by atoms with Crippen molar-refractivity contribution in [3.63, 3.8) is 0 Å². The second kappa shape index (κ2) is 17.6. The standard InChI is InChI=1S/C35H49N3O/c1-4-7-11-14-30-16-22-33(23-17-30)35(39)38(28-27-37(25-8-5-2)26-9-6-3)29-31-18-20-32(21-19-31)34-15-12-10-13-24-36-34/h10,12,15-24H,4-9,11,13-14,25-29H2,1-3H3. The van der Waals surface area contributed by atoms with Gasteiger partial charge in [-0.25, -0.2) is 0 Å². The van der Waals surface area contributed by atoms with Crippen LogP contribution in [0.25, 0.3) is 5.70 Å². The van der Waals surface area contributed by atoms with Crippen LogP contribution in [0.5, 0.6) is 0 Å². The lowest BCUT2D eigenvalue weighted by Gasteiger charge is -2.28. The fraction of sp³-hybridized carbons (Fsp3) is 0.486. The number of aryl methyl sites for hydroxylation is 1. The van der Waals surface area contributed by atoms with Gasteiger partial charge in [0.25, 0.3) is 5.91 Å². The highest BCUT2D eigenvalue weighted by atomic mass is 16.2. The van der Waals surface area contributed by atoms with E-state index in [2.05, 4.69) is 85.3 Å². The van der Waals surface area contributed by atoms with E-state index in [0.717, 1.165) is 61.4 Å². The van der Waals surface area contributed by atoms with E-state index in [-0.39, 0.29) is 5.91 Å². The van der Waals surface area contributed by atoms with Gasteiger partial charge in [-0.1, -0.05) is 95.0 Å². The van der Waals surface area contributed by atoms with Crippen molar-refractivity contribution in [2.45, 2.75) is 85.1 Å². The van der Waals surface area contributed by atoms with Gasteiger partial charge in [0, 0.05) is 43.4 Å². The Morgan fingerprint density at radius 2 is 1.44 bits per heavy atom. The molecule has 4 nitrogen and oxygen atoms in total. The summed E-state index contributed by atoms with van der Waals surface area (Å²) in [6.45, 7) is 11.2. The van der Waals surface area contributed by atoms with Crippen LogP contribution in [0, 0.1) is 0 Å². The van der Waals surface area contributed by atoms with E-state index in [4.69, 9.17) is 0 Å². The van der Waals surface area contributed by atoms with Gasteiger partial charge in [-0.05, 0) is 68.1 Å². The first-order chi connectivity index (χ1) is 19.1. The van der Waals surface area contributed by atoms with E-state index < -0.39 is 0 Å². The molecule has 0 bridgehead atoms. The molecule has 0 aliphatic carbocycles. The van der Waals surface area contributed by atoms with Crippen LogP contribution in [0.2, 0.25) is 0 Å². The lowest BCUT2D eigenvalue weighted by Crippen LogP contribution is -2.39. The van der Waals surface area contributed by atoms with Crippen LogP contribution in [-0.2, 0) is 13.0 Å². The Hall–Kier alpha value is -2.98. The van der Waals surface area contributed by atoms with Crippen LogP contribution in [0.15, 0.2) is 71.8 Å². The molecule has 0 spiro atoms. The minimum Gasteiger partial charge on any atom is -0.333 e. The SMILES string of the molecule is CCCCCc1ccc(C(=O)N(CCN(CCCC)CCCC)Cc2ccc(C3=CC=CCC=N3)cc2)cc1. The van der Waals surface area contributed by atoms with Gasteiger partial charge in [-0.2, -0.15) is 0 Å². The molecule has 1 aliphatic rings. The Kier molecular flexibility index (Phi) is 13.8. The van der Waals surface area contributed by atoms with Crippen molar-refractivity contribution in [3.8, 4) is 0 Å². The Balaban J connectivity index is 1.74. The van der Waals surface area contributed by atoms with Crippen molar-refractivity contribution in [1.82, 2.24) is 9.80 Å². The number of carbonyl (C=O) groups excluding carboxylic acids is 1. The highest BCUT2D eigenvalue weighted by Gasteiger charge is 2.18. The zero-order valence-corrected chi connectivity index (χ0v) is 24.6. The summed E-state index contributed by atoms with van der Waals surface area (Å²) in [6, 6.07) is 16.9. The zero-order valence-electron chi connectivity index (χ0n) is 24.6. The average Bonchev–Trinajstić information content (AvgIpc) is 3.26. The molecule has 0 fully saturated rings. The summed E-state index contributed by atoms with van der Waals surface area (Å²) in [5.74, 6) is 0.117. The molecule has 0 saturated heterocycles. The molecule has 1 heterocycles. The number of amides is 1. The molecule has 0 atom stereocenters. The fourth-order valence-corrected chi connectivity index (χ4v) is 4.85. The van der Waals surface area contributed by atoms with E-state index in [0.29, 0.717) is 6.54 Å². The predicted molar refractivity (Wildman–Crippen MR) is 167 cm³/mol. The maximum absolute atomic E-state index is 13.8. The Morgan fingerprint density at radius 3 is 2.10 bits per heavy atom. The number of allylic oxidation sites excluding steroid dienone is 3. The molecule has 0 N–H and O–H groups in total. The van der Waals surface area contributed by atoms with E-state index in [9.17, 15) is 4.79 Å². The number of hydrogen-bond acceptors (Lipinski definition) is 3. The third kappa shape index (κ3) is 10.6. The fourth-order valence-electron chi connectivity index (χ4n) is 4.85. The number of benzene rings is 2. The van der Waals surface area contributed by atoms with Crippen LogP contribution in [0.3, 0.4) is 0 Å². The Morgan fingerprint density at radius 1 is 0.769 bits per heavy atom. The molecule has 210 valence electrons. The molecule has 39 heavy (non-hydrogen) atoms. The van der Waals surface area contributed by atoms with E-state index >= 15 is 0 Å². The normalized spacial score (nSPS) is 13.0. The molecule has 2 aromatic rings. The van der Waals surface area contributed by atoms with Crippen molar-refractivity contribution in [3.05, 3.63) is 89.0 Å². The van der Waals surface area contributed by atoms with Gasteiger partial charge in [0.1, 0.15) is 0 Å². The van der Waals surface area contributed by atoms with Crippen molar-refractivity contribution in [2.75, 3.05) is 26.2 Å². The zero-order chi connectivity index (χ0) is 27.7. The largest absolute Gasteiger partial charge is 0.333 e. The molecule has 0 aromatic heterocycles. The molecular formula is C35H49N3O. The predicted octanol–water partition coefficient (Wildman–Crippen LogP) is 8.34. The number of aliphatic imine (C=N–C) groups is 1. The molecule has 0 radical (unpaired) electrons. The summed E-state index contributed by atoms with van der Waals surface area (Å²) in [4.78, 5) is 22.9. The van der Waals surface area contributed by atoms with Gasteiger partial charge in [0.05, 0.1) is 5.70 Å². The third-order valence-electron chi connectivity index (χ3n) is 7.38. The summed E-state index contributed by atoms with van der Waals surface area (Å²) in [7, 11) is 0. The number of nitrogens with zero attached hydrogens (tertiary/aromatic N) is 3. The molecule has 3 rings (SSSR count). The minimum absolute atomic E-state index is 0.117. The molecule has 4 heteroatoms. The van der Waals surface area contributed by atoms with E-state index in [1.54, 1.807) is 0 Å². The minimum atomic E-state index is 0.117. The van der Waals surface area contributed by atoms with E-state index in [1.807, 2.05) is 23.2 Å². The van der Waals surface area contributed by atoms with Crippen molar-refractivity contribution in [1.29, 1.82) is 0 Å². The first kappa shape index (κ1) is 30.6. The molecular weight excluding hydrogens is 478 g/mol. The maximum atomic E-state index is 13.8. The van der Waals surface area contributed by atoms with E-state index in [1.165, 1.54) is 50.5 Å². The van der Waals surface area contributed by atoms with Gasteiger partial charge >= 0.3 is 0 Å². The first-order valence-corrected chi connectivity index (χ1v) is 15.2. The second-order valence-electron chi connectivity index (χ2n) is 10.7. The van der Waals surface area contributed by atoms with Crippen molar-refractivity contribution < 1.29 is 4.79 Å². The average molecular weight is 528 g/mol. The van der Waals surface area contributed by atoms with Gasteiger partial charge in [0.15, 0.2) is 0 Å². The number of carbonyl (C=O) groups is 1. The maximum Gasteiger partial charge on any atom is 0.254 e. The van der Waals surface area contributed by atoms with Gasteiger partial charge < -0.3 is 9.80 Å². The lowest BCUT2D eigenvalue weighted by atomic mass is 10.0. The van der Waals surface area contributed by atoms with Gasteiger partial charge in [-0.3, -0.25) is 9.79 Å². The quantitative estimate of drug-likeness (QED) is 0.194. The topological polar surface area (TPSA) is 35.9 Å². The molecule has 2 aromatic carbocycles. The lowest BCUT2D eigenvalue weighted by molar-refractivity contribution is 0.0720. The van der Waals surface area contributed by atoms with Crippen molar-refractivity contribution in [2.24, 2.45) is 4.99 Å². The number of unbranched alkanes of at least 4 members (excludes halogenated alkanes) is 4. The molecule has 1 aliphatic heterocycles. The second-order valence-corrected chi connectivity index (χ2v) is 10.7. The smallest absolute Gasteiger partial charge is 0.254 e. The third-order valence-corrected chi connectivity index (χ3v) is 7.38. The summed E-state index contributed by atoms with van der Waals surface area (Å²) in [5, 5.41) is 0. The summed E-state index contributed by atoms with van der Waals surface area (Å²) >= 11 is 0. The highest BCUT2D eigenvalue weighted by Crippen LogP contribution is 2.20. The van der Waals surface area contributed by atoms with Crippen molar-refractivity contribution >= 4 is 17.8 Å². The molecule has 1 amide bonds. The van der Waals surface area contributed by atoms with Crippen LogP contribution >= 0.6 is 0 Å². The van der Waals surface area contributed by atoms with Gasteiger partial charge in [-0.15, -0.1) is 0 Å². The summed E-state index contributed by atoms with van der Waals surface area (Å²) < 4.78 is 0. The Bertz CT molecular complexity index is 1060. The Labute approximate surface area is 237 Å². The number of rotatable bonds is 17. The molecule has 0 unspecified atom stereocenters. The number of hydrogen-bond donors (Lipinski definition) is 0. The monoisotopic (exact) mass is 527 g/mol. The summed E-state index contributed by atoms with van der Waals surface area (Å²) in [5.41, 5.74) is 5.32. The van der Waals surface area contributed by atoms with Crippen LogP contribution < -0.4 is 0 Å². The summed E-state index contributed by atoms with van der Waals surface area (Å²) in [6.07, 6.45) is 18.6. The highest BCUT2D eigenvalue weighted by molar-refractivity contribution is 5.94. The van der Waals surface area contributed by atoms with Gasteiger partial charge in [0.2, 0.25) is 0 Å². The van der Waals surface area contributed by atoms with Crippen LogP contribution in [0.1, 0.15) is 99.2 Å². The van der Waals surface area contributed by atoms with Crippen LogP contribution in [0.4, 0.5) is 0 Å². The molecule has 0 saturated carbocycles.